The minimum absolute atomic E-state index is 1.02. The van der Waals surface area contributed by atoms with Crippen molar-refractivity contribution in [3.05, 3.63) is 25.3 Å². The van der Waals surface area contributed by atoms with Crippen LogP contribution in [0.3, 0.4) is 0 Å². The second-order valence-corrected chi connectivity index (χ2v) is 26.0. The van der Waals surface area contributed by atoms with E-state index in [1.807, 2.05) is 12.2 Å². The van der Waals surface area contributed by atoms with Gasteiger partial charge in [0.2, 0.25) is 0 Å². The van der Waals surface area contributed by atoms with Crippen molar-refractivity contribution in [2.45, 2.75) is 10.0 Å². The molecule has 0 aromatic carbocycles. The van der Waals surface area contributed by atoms with Crippen molar-refractivity contribution in [3.8, 4) is 0 Å². The zero-order valence-corrected chi connectivity index (χ0v) is 10.3. The molecule has 3 heteroatoms. The Bertz CT molecular complexity index is 97.6. The molecule has 0 aliphatic rings. The van der Waals surface area contributed by atoms with Gasteiger partial charge in [-0.2, -0.15) is 0 Å². The third kappa shape index (κ3) is 5.26. The van der Waals surface area contributed by atoms with E-state index in [1.54, 1.807) is 0 Å². The molecule has 0 heterocycles. The monoisotopic (exact) mass is 212 g/mol. The first-order valence-electron chi connectivity index (χ1n) is 3.27. The second kappa shape index (κ2) is 4.59. The molecule has 0 aromatic heterocycles. The first-order chi connectivity index (χ1) is 4.12. The van der Waals surface area contributed by atoms with Crippen LogP contribution in [0.4, 0.5) is 0 Å². The number of hydrogen-bond donors (Lipinski definition) is 2. The van der Waals surface area contributed by atoms with E-state index in [0.29, 0.717) is 0 Å². The molecule has 9 heavy (non-hydrogen) atoms. The summed E-state index contributed by atoms with van der Waals surface area (Å²) in [4.78, 5) is 0. The Balaban J connectivity index is 3.68. The zero-order valence-electron chi connectivity index (χ0n) is 5.58. The summed E-state index contributed by atoms with van der Waals surface area (Å²) in [5.41, 5.74) is 0. The molecule has 0 fully saturated rings. The van der Waals surface area contributed by atoms with Crippen molar-refractivity contribution in [2.75, 3.05) is 0 Å². The van der Waals surface area contributed by atoms with Crippen molar-refractivity contribution >= 4 is 21.2 Å². The summed E-state index contributed by atoms with van der Waals surface area (Å²) in [7, 11) is 8.97. The maximum atomic E-state index is 4.49. The third-order valence-electron chi connectivity index (χ3n) is 1.33. The van der Waals surface area contributed by atoms with E-state index >= 15 is 0 Å². The Kier molecular flexibility index (Phi) is 5.00. The van der Waals surface area contributed by atoms with Crippen molar-refractivity contribution in [3.63, 3.8) is 0 Å². The molecule has 0 saturated heterocycles. The number of thiol groups is 2. The molecule has 0 aromatic rings. The quantitative estimate of drug-likeness (QED) is 0.400. The average Bonchev–Trinajstić information content (AvgIpc) is 1.64. The van der Waals surface area contributed by atoms with Gasteiger partial charge in [-0.15, -0.1) is 0 Å². The fourth-order valence-electron chi connectivity index (χ4n) is 0.772. The van der Waals surface area contributed by atoms with Crippen molar-refractivity contribution in [1.29, 1.82) is 0 Å². The fourth-order valence-corrected chi connectivity index (χ4v) is 7.80. The summed E-state index contributed by atoms with van der Waals surface area (Å²) in [6, 6.07) is 0. The molecular weight excluding hydrogens is 202 g/mol. The maximum absolute atomic E-state index is 4.49. The van der Waals surface area contributed by atoms with Crippen LogP contribution < -0.4 is 0 Å². The normalized spacial score (nSPS) is 9.11. The molecule has 0 N–H and O–H groups in total. The predicted octanol–water partition coefficient (Wildman–Crippen LogP) is 3.04. The SMILES string of the molecule is C=C[CH2][Zn]([SH])([SH])[CH2]C=C. The topological polar surface area (TPSA) is 0 Å². The van der Waals surface area contributed by atoms with Crippen LogP contribution in [-0.2, 0) is 12.3 Å². The second-order valence-electron chi connectivity index (χ2n) is 2.54. The van der Waals surface area contributed by atoms with Crippen LogP contribution in [0.15, 0.2) is 25.3 Å². The van der Waals surface area contributed by atoms with E-state index in [0.717, 1.165) is 10.0 Å². The molecule has 0 aliphatic carbocycles. The molecule has 0 amide bonds. The minimum atomic E-state index is -2.30. The Labute approximate surface area is 68.8 Å². The molecule has 0 nitrogen and oxygen atoms in total. The number of hydrogen-bond acceptors (Lipinski definition) is 2. The van der Waals surface area contributed by atoms with Gasteiger partial charge >= 0.3 is 68.9 Å². The molecule has 50 valence electrons. The van der Waals surface area contributed by atoms with Crippen molar-refractivity contribution in [1.82, 2.24) is 0 Å². The summed E-state index contributed by atoms with van der Waals surface area (Å²) in [5.74, 6) is 0. The Morgan fingerprint density at radius 2 is 1.44 bits per heavy atom. The predicted molar refractivity (Wildman–Crippen MR) is 48.0 cm³/mol. The molecule has 0 radical (unpaired) electrons. The van der Waals surface area contributed by atoms with Crippen LogP contribution >= 0.6 is 21.2 Å². The molecular formula is C6H12S2Zn. The molecule has 0 bridgehead atoms. The summed E-state index contributed by atoms with van der Waals surface area (Å²) < 4.78 is 0. The van der Waals surface area contributed by atoms with Crippen LogP contribution in [0.2, 0.25) is 10.0 Å². The molecule has 0 spiro atoms. The van der Waals surface area contributed by atoms with E-state index in [1.165, 1.54) is 0 Å². The van der Waals surface area contributed by atoms with Crippen LogP contribution in [0.1, 0.15) is 0 Å². The molecule has 0 atom stereocenters. The molecule has 0 unspecified atom stereocenters. The van der Waals surface area contributed by atoms with Crippen LogP contribution in [0.25, 0.3) is 0 Å². The van der Waals surface area contributed by atoms with E-state index in [2.05, 4.69) is 34.4 Å². The van der Waals surface area contributed by atoms with Gasteiger partial charge in [0, 0.05) is 0 Å². The number of rotatable bonds is 4. The Hall–Kier alpha value is 0.803. The van der Waals surface area contributed by atoms with E-state index < -0.39 is 12.3 Å². The van der Waals surface area contributed by atoms with Crippen LogP contribution in [0, 0.1) is 0 Å². The molecule has 0 saturated carbocycles. The molecule has 0 rings (SSSR count). The van der Waals surface area contributed by atoms with Crippen LogP contribution in [0.5, 0.6) is 0 Å². The van der Waals surface area contributed by atoms with Gasteiger partial charge in [0.05, 0.1) is 0 Å². The average molecular weight is 214 g/mol. The van der Waals surface area contributed by atoms with E-state index in [-0.39, 0.29) is 0 Å². The fraction of sp³-hybridized carbons (Fsp3) is 0.333. The summed E-state index contributed by atoms with van der Waals surface area (Å²) >= 11 is -2.30. The zero-order chi connectivity index (χ0) is 7.33. The standard InChI is InChI=1S/2C3H5.2H2S.Zn/c2*1-3-2;;;/h2*3H,1-2H2;2*1H2;/q;;;;+2/p-2. The van der Waals surface area contributed by atoms with E-state index in [9.17, 15) is 0 Å². The summed E-state index contributed by atoms with van der Waals surface area (Å²) in [6.07, 6.45) is 3.81. The van der Waals surface area contributed by atoms with Gasteiger partial charge in [-0.3, -0.25) is 0 Å². The number of allylic oxidation sites excluding steroid dienone is 2. The van der Waals surface area contributed by atoms with Crippen molar-refractivity contribution in [2.24, 2.45) is 0 Å². The van der Waals surface area contributed by atoms with Gasteiger partial charge in [0.15, 0.2) is 0 Å². The van der Waals surface area contributed by atoms with Gasteiger partial charge in [-0.05, 0) is 0 Å². The Morgan fingerprint density at radius 3 is 1.67 bits per heavy atom. The van der Waals surface area contributed by atoms with Crippen LogP contribution in [-0.4, -0.2) is 0 Å². The Morgan fingerprint density at radius 1 is 1.11 bits per heavy atom. The van der Waals surface area contributed by atoms with Crippen molar-refractivity contribution < 1.29 is 12.3 Å². The van der Waals surface area contributed by atoms with Gasteiger partial charge in [0.25, 0.3) is 0 Å². The van der Waals surface area contributed by atoms with Gasteiger partial charge in [-0.25, -0.2) is 0 Å². The first kappa shape index (κ1) is 9.80. The summed E-state index contributed by atoms with van der Waals surface area (Å²) in [5, 5.41) is 2.03. The van der Waals surface area contributed by atoms with Gasteiger partial charge in [0.1, 0.15) is 0 Å². The van der Waals surface area contributed by atoms with Gasteiger partial charge in [-0.1, -0.05) is 0 Å². The van der Waals surface area contributed by atoms with E-state index in [4.69, 9.17) is 0 Å². The molecule has 0 aliphatic heterocycles. The third-order valence-corrected chi connectivity index (χ3v) is 12.3. The first-order valence-corrected chi connectivity index (χ1v) is 16.7. The summed E-state index contributed by atoms with van der Waals surface area (Å²) in [6.45, 7) is 7.30. The van der Waals surface area contributed by atoms with Gasteiger partial charge < -0.3 is 0 Å².